The molecular formula is C15H19F3N2O. The highest BCUT2D eigenvalue weighted by Crippen LogP contribution is 2.33. The van der Waals surface area contributed by atoms with Crippen molar-refractivity contribution < 1.29 is 18.0 Å². The van der Waals surface area contributed by atoms with Gasteiger partial charge in [0.25, 0.3) is 5.91 Å². The van der Waals surface area contributed by atoms with Crippen molar-refractivity contribution in [1.82, 2.24) is 4.90 Å². The predicted octanol–water partition coefficient (Wildman–Crippen LogP) is 3.05. The zero-order chi connectivity index (χ0) is 15.6. The summed E-state index contributed by atoms with van der Waals surface area (Å²) < 4.78 is 39.1. The highest BCUT2D eigenvalue weighted by molar-refractivity contribution is 5.96. The van der Waals surface area contributed by atoms with Crippen LogP contribution in [-0.2, 0) is 6.18 Å². The highest BCUT2D eigenvalue weighted by atomic mass is 19.4. The number of rotatable bonds is 2. The Morgan fingerprint density at radius 1 is 1.33 bits per heavy atom. The van der Waals surface area contributed by atoms with E-state index in [0.29, 0.717) is 6.54 Å². The van der Waals surface area contributed by atoms with Crippen molar-refractivity contribution in [3.8, 4) is 0 Å². The zero-order valence-corrected chi connectivity index (χ0v) is 11.9. The number of carbonyl (C=O) groups is 1. The molecule has 0 aromatic heterocycles. The van der Waals surface area contributed by atoms with E-state index in [0.717, 1.165) is 25.3 Å². The van der Waals surface area contributed by atoms with Gasteiger partial charge in [0.2, 0.25) is 0 Å². The first kappa shape index (κ1) is 15.8. The summed E-state index contributed by atoms with van der Waals surface area (Å²) in [7, 11) is 0. The standard InChI is InChI=1S/C15H19F3N2O/c1-10(19)13-8-4-5-9-20(13)14(21)11-6-2-3-7-12(11)15(16,17)18/h2-3,6-7,10,13H,4-5,8-9,19H2,1H3. The maximum atomic E-state index is 13.0. The smallest absolute Gasteiger partial charge is 0.334 e. The molecule has 0 bridgehead atoms. The van der Waals surface area contributed by atoms with Crippen LogP contribution in [0.25, 0.3) is 0 Å². The van der Waals surface area contributed by atoms with Crippen molar-refractivity contribution in [2.45, 2.75) is 44.4 Å². The molecule has 0 aliphatic carbocycles. The molecule has 0 spiro atoms. The summed E-state index contributed by atoms with van der Waals surface area (Å²) in [6.45, 7) is 2.24. The Kier molecular flexibility index (Phi) is 4.56. The molecule has 1 aliphatic rings. The Labute approximate surface area is 121 Å². The predicted molar refractivity (Wildman–Crippen MR) is 73.8 cm³/mol. The van der Waals surface area contributed by atoms with Crippen molar-refractivity contribution in [1.29, 1.82) is 0 Å². The van der Waals surface area contributed by atoms with Crippen LogP contribution >= 0.6 is 0 Å². The van der Waals surface area contributed by atoms with E-state index in [4.69, 9.17) is 5.73 Å². The topological polar surface area (TPSA) is 46.3 Å². The average Bonchev–Trinajstić information content (AvgIpc) is 2.45. The van der Waals surface area contributed by atoms with Crippen molar-refractivity contribution in [2.24, 2.45) is 5.73 Å². The summed E-state index contributed by atoms with van der Waals surface area (Å²) >= 11 is 0. The quantitative estimate of drug-likeness (QED) is 0.912. The second kappa shape index (κ2) is 6.05. The molecule has 1 heterocycles. The Hall–Kier alpha value is -1.56. The molecule has 21 heavy (non-hydrogen) atoms. The lowest BCUT2D eigenvalue weighted by molar-refractivity contribution is -0.138. The SMILES string of the molecule is CC(N)C1CCCCN1C(=O)c1ccccc1C(F)(F)F. The minimum absolute atomic E-state index is 0.201. The molecule has 1 aliphatic heterocycles. The van der Waals surface area contributed by atoms with E-state index in [-0.39, 0.29) is 17.6 Å². The van der Waals surface area contributed by atoms with E-state index in [9.17, 15) is 18.0 Å². The second-order valence-corrected chi connectivity index (χ2v) is 5.46. The molecule has 2 unspecified atom stereocenters. The number of nitrogens with zero attached hydrogens (tertiary/aromatic N) is 1. The third kappa shape index (κ3) is 3.37. The Morgan fingerprint density at radius 2 is 2.00 bits per heavy atom. The minimum Gasteiger partial charge on any atom is -0.334 e. The van der Waals surface area contributed by atoms with Gasteiger partial charge < -0.3 is 10.6 Å². The molecule has 116 valence electrons. The normalized spacial score (nSPS) is 21.2. The Morgan fingerprint density at radius 3 is 2.62 bits per heavy atom. The Bertz CT molecular complexity index is 514. The van der Waals surface area contributed by atoms with Crippen molar-refractivity contribution in [3.63, 3.8) is 0 Å². The van der Waals surface area contributed by atoms with Crippen LogP contribution < -0.4 is 5.73 Å². The monoisotopic (exact) mass is 300 g/mol. The lowest BCUT2D eigenvalue weighted by atomic mass is 9.95. The molecule has 0 radical (unpaired) electrons. The van der Waals surface area contributed by atoms with Crippen molar-refractivity contribution in [3.05, 3.63) is 35.4 Å². The van der Waals surface area contributed by atoms with Gasteiger partial charge >= 0.3 is 6.18 Å². The summed E-state index contributed by atoms with van der Waals surface area (Å²) in [5, 5.41) is 0. The van der Waals surface area contributed by atoms with Gasteiger partial charge in [0.15, 0.2) is 0 Å². The van der Waals surface area contributed by atoms with Gasteiger partial charge in [0.1, 0.15) is 0 Å². The highest BCUT2D eigenvalue weighted by Gasteiger charge is 2.38. The van der Waals surface area contributed by atoms with Gasteiger partial charge in [-0.05, 0) is 38.3 Å². The van der Waals surface area contributed by atoms with E-state index < -0.39 is 17.6 Å². The number of benzene rings is 1. The summed E-state index contributed by atoms with van der Waals surface area (Å²) in [6.07, 6.45) is -2.07. The molecule has 3 nitrogen and oxygen atoms in total. The number of amides is 1. The number of carbonyl (C=O) groups excluding carboxylic acids is 1. The molecule has 1 saturated heterocycles. The fraction of sp³-hybridized carbons (Fsp3) is 0.533. The van der Waals surface area contributed by atoms with Gasteiger partial charge in [0, 0.05) is 18.6 Å². The maximum Gasteiger partial charge on any atom is 0.417 e. The third-order valence-electron chi connectivity index (χ3n) is 3.88. The molecule has 1 aromatic rings. The molecule has 0 saturated carbocycles. The molecule has 2 N–H and O–H groups in total. The van der Waals surface area contributed by atoms with E-state index in [1.165, 1.54) is 23.1 Å². The van der Waals surface area contributed by atoms with Crippen LogP contribution in [0.3, 0.4) is 0 Å². The first-order valence-electron chi connectivity index (χ1n) is 7.05. The first-order chi connectivity index (χ1) is 9.82. The van der Waals surface area contributed by atoms with Crippen LogP contribution in [0.4, 0.5) is 13.2 Å². The number of likely N-dealkylation sites (tertiary alicyclic amines) is 1. The lowest BCUT2D eigenvalue weighted by Crippen LogP contribution is -2.51. The van der Waals surface area contributed by atoms with Crippen LogP contribution in [0.5, 0.6) is 0 Å². The maximum absolute atomic E-state index is 13.0. The van der Waals surface area contributed by atoms with Crippen LogP contribution in [0.15, 0.2) is 24.3 Å². The van der Waals surface area contributed by atoms with Gasteiger partial charge in [-0.25, -0.2) is 0 Å². The number of hydrogen-bond acceptors (Lipinski definition) is 2. The fourth-order valence-corrected chi connectivity index (χ4v) is 2.83. The fourth-order valence-electron chi connectivity index (χ4n) is 2.83. The minimum atomic E-state index is -4.54. The zero-order valence-electron chi connectivity index (χ0n) is 11.9. The Balaban J connectivity index is 2.35. The van der Waals surface area contributed by atoms with Crippen molar-refractivity contribution >= 4 is 5.91 Å². The van der Waals surface area contributed by atoms with E-state index >= 15 is 0 Å². The average molecular weight is 300 g/mol. The number of piperidine rings is 1. The van der Waals surface area contributed by atoms with Crippen LogP contribution in [0, 0.1) is 0 Å². The lowest BCUT2D eigenvalue weighted by Gasteiger charge is -2.38. The summed E-state index contributed by atoms with van der Waals surface area (Å²) in [4.78, 5) is 14.1. The number of hydrogen-bond donors (Lipinski definition) is 1. The van der Waals surface area contributed by atoms with E-state index in [1.54, 1.807) is 6.92 Å². The summed E-state index contributed by atoms with van der Waals surface area (Å²) in [5.41, 5.74) is 4.70. The van der Waals surface area contributed by atoms with Crippen LogP contribution in [0.2, 0.25) is 0 Å². The first-order valence-corrected chi connectivity index (χ1v) is 7.05. The molecule has 2 atom stereocenters. The largest absolute Gasteiger partial charge is 0.417 e. The van der Waals surface area contributed by atoms with Crippen molar-refractivity contribution in [2.75, 3.05) is 6.54 Å². The summed E-state index contributed by atoms with van der Waals surface area (Å²) in [5.74, 6) is -0.579. The van der Waals surface area contributed by atoms with Gasteiger partial charge in [-0.3, -0.25) is 4.79 Å². The van der Waals surface area contributed by atoms with Gasteiger partial charge in [-0.1, -0.05) is 12.1 Å². The molecular weight excluding hydrogens is 281 g/mol. The second-order valence-electron chi connectivity index (χ2n) is 5.46. The van der Waals surface area contributed by atoms with Gasteiger partial charge in [-0.15, -0.1) is 0 Å². The molecule has 1 aromatic carbocycles. The van der Waals surface area contributed by atoms with Crippen LogP contribution in [-0.4, -0.2) is 29.4 Å². The third-order valence-corrected chi connectivity index (χ3v) is 3.88. The molecule has 6 heteroatoms. The summed E-state index contributed by atoms with van der Waals surface area (Å²) in [6, 6.07) is 4.46. The number of alkyl halides is 3. The number of halogens is 3. The van der Waals surface area contributed by atoms with E-state index in [2.05, 4.69) is 0 Å². The molecule has 1 fully saturated rings. The van der Waals surface area contributed by atoms with Crippen LogP contribution in [0.1, 0.15) is 42.1 Å². The number of nitrogens with two attached hydrogens (primary N) is 1. The van der Waals surface area contributed by atoms with Gasteiger partial charge in [-0.2, -0.15) is 13.2 Å². The van der Waals surface area contributed by atoms with E-state index in [1.807, 2.05) is 0 Å². The molecule has 2 rings (SSSR count). The van der Waals surface area contributed by atoms with Gasteiger partial charge in [0.05, 0.1) is 11.1 Å². The molecule has 1 amide bonds.